The third-order valence-corrected chi connectivity index (χ3v) is 7.82. The Morgan fingerprint density at radius 1 is 1.26 bits per heavy atom. The molecule has 1 N–H and O–H groups in total. The maximum Gasteiger partial charge on any atom is 0.270 e. The predicted molar refractivity (Wildman–Crippen MR) is 130 cm³/mol. The number of rotatable bonds is 9. The van der Waals surface area contributed by atoms with Crippen molar-refractivity contribution in [3.05, 3.63) is 64.0 Å². The molecule has 1 amide bonds. The summed E-state index contributed by atoms with van der Waals surface area (Å²) < 4.78 is 42.5. The van der Waals surface area contributed by atoms with Gasteiger partial charge in [-0.2, -0.15) is 9.41 Å². The fraction of sp³-hybridized carbons (Fsp3) is 0.391. The number of nitrogens with zero attached hydrogens (tertiary/aromatic N) is 4. The number of hydrazone groups is 1. The average Bonchev–Trinajstić information content (AvgIpc) is 2.85. The van der Waals surface area contributed by atoms with E-state index in [1.807, 2.05) is 13.8 Å². The molecule has 0 unspecified atom stereocenters. The van der Waals surface area contributed by atoms with Gasteiger partial charge in [0.1, 0.15) is 16.8 Å². The van der Waals surface area contributed by atoms with Gasteiger partial charge in [-0.25, -0.2) is 12.8 Å². The van der Waals surface area contributed by atoms with Crippen molar-refractivity contribution in [3.63, 3.8) is 0 Å². The van der Waals surface area contributed by atoms with E-state index < -0.39 is 32.5 Å². The van der Waals surface area contributed by atoms with Crippen molar-refractivity contribution in [1.82, 2.24) is 9.21 Å². The van der Waals surface area contributed by atoms with Crippen LogP contribution in [0.3, 0.4) is 0 Å². The lowest BCUT2D eigenvalue weighted by Gasteiger charge is -2.36. The molecule has 2 aromatic rings. The first-order chi connectivity index (χ1) is 16.7. The van der Waals surface area contributed by atoms with Gasteiger partial charge in [-0.05, 0) is 38.8 Å². The molecule has 1 fully saturated rings. The molecular formula is C23H28FN5O5S. The number of nitrogens with one attached hydrogen (secondary N) is 1. The Kier molecular flexibility index (Phi) is 8.52. The molecule has 3 rings (SSSR count). The number of hydrogen-bond acceptors (Lipinski definition) is 7. The maximum atomic E-state index is 13.9. The van der Waals surface area contributed by atoms with Crippen LogP contribution in [0.5, 0.6) is 0 Å². The van der Waals surface area contributed by atoms with Crippen LogP contribution in [0.25, 0.3) is 0 Å². The van der Waals surface area contributed by atoms with E-state index in [-0.39, 0.29) is 28.6 Å². The summed E-state index contributed by atoms with van der Waals surface area (Å²) in [4.78, 5) is 25.0. The lowest BCUT2D eigenvalue weighted by atomic mass is 10.0. The Balaban J connectivity index is 2.01. The van der Waals surface area contributed by atoms with Crippen molar-refractivity contribution in [1.29, 1.82) is 0 Å². The van der Waals surface area contributed by atoms with Gasteiger partial charge in [-0.1, -0.05) is 24.6 Å². The second kappa shape index (κ2) is 11.4. The predicted octanol–water partition coefficient (Wildman–Crippen LogP) is 3.59. The van der Waals surface area contributed by atoms with Crippen LogP contribution >= 0.6 is 0 Å². The zero-order valence-corrected chi connectivity index (χ0v) is 20.4. The van der Waals surface area contributed by atoms with E-state index in [2.05, 4.69) is 10.5 Å². The van der Waals surface area contributed by atoms with E-state index in [1.54, 1.807) is 11.0 Å². The number of likely N-dealkylation sites (N-methyl/N-ethyl adjacent to an activating group) is 1. The molecule has 0 aromatic heterocycles. The van der Waals surface area contributed by atoms with Crippen molar-refractivity contribution < 1.29 is 22.5 Å². The quantitative estimate of drug-likeness (QED) is 0.315. The van der Waals surface area contributed by atoms with Crippen molar-refractivity contribution in [2.24, 2.45) is 5.10 Å². The lowest BCUT2D eigenvalue weighted by Crippen LogP contribution is -2.52. The summed E-state index contributed by atoms with van der Waals surface area (Å²) in [6, 6.07) is 8.32. The van der Waals surface area contributed by atoms with Gasteiger partial charge in [-0.3, -0.25) is 20.3 Å². The molecule has 10 nitrogen and oxygen atoms in total. The molecular weight excluding hydrogens is 477 g/mol. The maximum absolute atomic E-state index is 13.9. The summed E-state index contributed by atoms with van der Waals surface area (Å²) in [5, 5.41) is 15.3. The summed E-state index contributed by atoms with van der Waals surface area (Å²) in [6.45, 7) is 4.63. The number of hydrogen-bond donors (Lipinski definition) is 1. The molecule has 35 heavy (non-hydrogen) atoms. The van der Waals surface area contributed by atoms with Crippen LogP contribution in [0.15, 0.2) is 52.5 Å². The second-order valence-corrected chi connectivity index (χ2v) is 9.83. The number of halogens is 1. The minimum absolute atomic E-state index is 0.0252. The highest BCUT2D eigenvalue weighted by Crippen LogP contribution is 2.33. The number of nitro groups is 1. The van der Waals surface area contributed by atoms with Crippen LogP contribution in [-0.4, -0.2) is 60.3 Å². The largest absolute Gasteiger partial charge is 0.342 e. The van der Waals surface area contributed by atoms with Crippen LogP contribution in [-0.2, 0) is 14.8 Å². The lowest BCUT2D eigenvalue weighted by molar-refractivity contribution is -0.385. The normalized spacial score (nSPS) is 16.8. The molecule has 188 valence electrons. The number of non-ortho nitro benzene ring substituents is 1. The van der Waals surface area contributed by atoms with Crippen molar-refractivity contribution in [3.8, 4) is 0 Å². The molecule has 2 aromatic carbocycles. The van der Waals surface area contributed by atoms with Crippen molar-refractivity contribution >= 4 is 33.5 Å². The number of sulfonamides is 1. The third-order valence-electron chi connectivity index (χ3n) is 5.87. The Hall–Kier alpha value is -3.38. The SMILES string of the molecule is CCN(CC)C(=O)[C@H]1CCCCN1S(=O)(=O)c1cc([N+](=O)[O-])ccc1N/N=C\c1ccccc1F. The summed E-state index contributed by atoms with van der Waals surface area (Å²) in [5.74, 6) is -0.809. The topological polar surface area (TPSA) is 125 Å². The van der Waals surface area contributed by atoms with Gasteiger partial charge in [0.2, 0.25) is 15.9 Å². The fourth-order valence-corrected chi connectivity index (χ4v) is 5.81. The molecule has 0 aliphatic carbocycles. The van der Waals surface area contributed by atoms with Gasteiger partial charge < -0.3 is 4.90 Å². The number of piperidine rings is 1. The van der Waals surface area contributed by atoms with E-state index in [9.17, 15) is 27.7 Å². The van der Waals surface area contributed by atoms with E-state index in [4.69, 9.17) is 0 Å². The Bertz CT molecular complexity index is 1220. The molecule has 1 heterocycles. The van der Waals surface area contributed by atoms with Gasteiger partial charge in [0.05, 0.1) is 16.8 Å². The monoisotopic (exact) mass is 505 g/mol. The van der Waals surface area contributed by atoms with Crippen LogP contribution in [0.4, 0.5) is 15.8 Å². The highest BCUT2D eigenvalue weighted by atomic mass is 32.2. The van der Waals surface area contributed by atoms with Gasteiger partial charge in [0, 0.05) is 37.3 Å². The third kappa shape index (κ3) is 5.82. The number of carbonyl (C=O) groups is 1. The molecule has 12 heteroatoms. The highest BCUT2D eigenvalue weighted by molar-refractivity contribution is 7.89. The molecule has 1 aliphatic rings. The molecule has 0 radical (unpaired) electrons. The minimum atomic E-state index is -4.33. The van der Waals surface area contributed by atoms with E-state index >= 15 is 0 Å². The first kappa shape index (κ1) is 26.2. The number of anilines is 1. The van der Waals surface area contributed by atoms with E-state index in [0.717, 1.165) is 16.4 Å². The van der Waals surface area contributed by atoms with Gasteiger partial charge >= 0.3 is 0 Å². The standard InChI is InChI=1S/C23H28FN5O5S/c1-3-27(4-2)23(30)21-11-7-8-14-28(21)35(33,34)22-15-18(29(31)32)12-13-20(22)26-25-16-17-9-5-6-10-19(17)24/h5-6,9-10,12-13,15-16,21,26H,3-4,7-8,11,14H2,1-2H3/b25-16-/t21-/m1/s1. The number of amides is 1. The van der Waals surface area contributed by atoms with Crippen LogP contribution in [0, 0.1) is 15.9 Å². The molecule has 1 atom stereocenters. The van der Waals surface area contributed by atoms with E-state index in [1.165, 1.54) is 30.5 Å². The Morgan fingerprint density at radius 3 is 2.63 bits per heavy atom. The summed E-state index contributed by atoms with van der Waals surface area (Å²) in [6.07, 6.45) is 2.79. The minimum Gasteiger partial charge on any atom is -0.342 e. The smallest absolute Gasteiger partial charge is 0.270 e. The van der Waals surface area contributed by atoms with Gasteiger partial charge in [0.25, 0.3) is 5.69 Å². The molecule has 0 saturated carbocycles. The number of nitro benzene ring substituents is 1. The van der Waals surface area contributed by atoms with E-state index in [0.29, 0.717) is 32.4 Å². The van der Waals surface area contributed by atoms with Crippen molar-refractivity contribution in [2.45, 2.75) is 44.0 Å². The fourth-order valence-electron chi connectivity index (χ4n) is 3.99. The molecule has 0 bridgehead atoms. The molecule has 0 spiro atoms. The summed E-state index contributed by atoms with van der Waals surface area (Å²) in [7, 11) is -4.33. The first-order valence-electron chi connectivity index (χ1n) is 11.3. The molecule has 1 aliphatic heterocycles. The summed E-state index contributed by atoms with van der Waals surface area (Å²) in [5.41, 5.74) is 2.30. The number of benzene rings is 2. The highest BCUT2D eigenvalue weighted by Gasteiger charge is 2.40. The van der Waals surface area contributed by atoms with Gasteiger partial charge in [-0.15, -0.1) is 0 Å². The van der Waals surface area contributed by atoms with Gasteiger partial charge in [0.15, 0.2) is 0 Å². The average molecular weight is 506 g/mol. The van der Waals surface area contributed by atoms with Crippen LogP contribution in [0.1, 0.15) is 38.7 Å². The van der Waals surface area contributed by atoms with Crippen LogP contribution in [0.2, 0.25) is 0 Å². The zero-order chi connectivity index (χ0) is 25.6. The second-order valence-electron chi connectivity index (χ2n) is 7.97. The Morgan fingerprint density at radius 2 is 1.97 bits per heavy atom. The summed E-state index contributed by atoms with van der Waals surface area (Å²) >= 11 is 0. The first-order valence-corrected chi connectivity index (χ1v) is 12.8. The van der Waals surface area contributed by atoms with Crippen molar-refractivity contribution in [2.75, 3.05) is 25.1 Å². The van der Waals surface area contributed by atoms with Crippen LogP contribution < -0.4 is 5.43 Å². The molecule has 1 saturated heterocycles. The number of carbonyl (C=O) groups excluding carboxylic acids is 1. The Labute approximate surface area is 203 Å². The zero-order valence-electron chi connectivity index (χ0n) is 19.6.